The van der Waals surface area contributed by atoms with Crippen molar-refractivity contribution >= 4 is 16.8 Å². The van der Waals surface area contributed by atoms with E-state index >= 15 is 4.39 Å². The maximum Gasteiger partial charge on any atom is 0.170 e. The molecular formula is C29H29F3. The molecule has 0 aromatic heterocycles. The number of halogens is 3. The molecule has 0 bridgehead atoms. The van der Waals surface area contributed by atoms with Crippen molar-refractivity contribution in [3.63, 3.8) is 0 Å². The molecular weight excluding hydrogens is 405 g/mol. The lowest BCUT2D eigenvalue weighted by molar-refractivity contribution is 0.312. The maximum atomic E-state index is 15.3. The second-order valence-electron chi connectivity index (χ2n) is 8.82. The number of hydrogen-bond donors (Lipinski definition) is 0. The Morgan fingerprint density at radius 2 is 1.62 bits per heavy atom. The second-order valence-corrected chi connectivity index (χ2v) is 8.82. The highest BCUT2D eigenvalue weighted by Gasteiger charge is 2.22. The van der Waals surface area contributed by atoms with E-state index in [0.717, 1.165) is 12.3 Å². The highest BCUT2D eigenvalue weighted by Crippen LogP contribution is 2.39. The molecule has 0 aliphatic heterocycles. The Labute approximate surface area is 188 Å². The zero-order chi connectivity index (χ0) is 22.7. The summed E-state index contributed by atoms with van der Waals surface area (Å²) in [5, 5.41) is 0.0539. The summed E-state index contributed by atoms with van der Waals surface area (Å²) < 4.78 is 44.4. The predicted molar refractivity (Wildman–Crippen MR) is 128 cm³/mol. The predicted octanol–water partition coefficient (Wildman–Crippen LogP) is 9.20. The molecule has 166 valence electrons. The summed E-state index contributed by atoms with van der Waals surface area (Å²) in [7, 11) is 0. The quantitative estimate of drug-likeness (QED) is 0.339. The highest BCUT2D eigenvalue weighted by molar-refractivity contribution is 5.90. The van der Waals surface area contributed by atoms with Crippen LogP contribution >= 0.6 is 0 Å². The number of rotatable bonds is 6. The molecule has 0 saturated heterocycles. The van der Waals surface area contributed by atoms with Gasteiger partial charge in [0.2, 0.25) is 0 Å². The van der Waals surface area contributed by atoms with E-state index in [1.807, 2.05) is 18.2 Å². The summed E-state index contributed by atoms with van der Waals surface area (Å²) in [5.41, 5.74) is 2.35. The normalized spacial score (nSPS) is 19.0. The van der Waals surface area contributed by atoms with Crippen molar-refractivity contribution in [2.24, 2.45) is 5.92 Å². The number of benzene rings is 3. The summed E-state index contributed by atoms with van der Waals surface area (Å²) in [6.45, 7) is 5.54. The lowest BCUT2D eigenvalue weighted by Gasteiger charge is -2.28. The van der Waals surface area contributed by atoms with Gasteiger partial charge in [-0.3, -0.25) is 0 Å². The molecule has 32 heavy (non-hydrogen) atoms. The Kier molecular flexibility index (Phi) is 6.83. The minimum Gasteiger partial charge on any atom is -0.206 e. The van der Waals surface area contributed by atoms with Gasteiger partial charge in [0.1, 0.15) is 5.82 Å². The van der Waals surface area contributed by atoms with Gasteiger partial charge in [0, 0.05) is 11.1 Å². The zero-order valence-electron chi connectivity index (χ0n) is 18.5. The fraction of sp³-hybridized carbons (Fsp3) is 0.310. The molecule has 0 nitrogen and oxygen atoms in total. The van der Waals surface area contributed by atoms with Crippen LogP contribution in [0, 0.1) is 23.4 Å². The average Bonchev–Trinajstić information content (AvgIpc) is 2.82. The minimum absolute atomic E-state index is 0.119. The van der Waals surface area contributed by atoms with Gasteiger partial charge in [-0.2, -0.15) is 0 Å². The van der Waals surface area contributed by atoms with Crippen molar-refractivity contribution < 1.29 is 13.2 Å². The van der Waals surface area contributed by atoms with Crippen LogP contribution in [0.2, 0.25) is 0 Å². The van der Waals surface area contributed by atoms with Crippen LogP contribution in [0.5, 0.6) is 0 Å². The fourth-order valence-electron chi connectivity index (χ4n) is 5.00. The molecule has 0 atom stereocenters. The van der Waals surface area contributed by atoms with Crippen LogP contribution in [-0.2, 0) is 0 Å². The van der Waals surface area contributed by atoms with E-state index in [4.69, 9.17) is 0 Å². The van der Waals surface area contributed by atoms with Crippen LogP contribution < -0.4 is 0 Å². The third kappa shape index (κ3) is 4.39. The van der Waals surface area contributed by atoms with Gasteiger partial charge in [0.25, 0.3) is 0 Å². The summed E-state index contributed by atoms with van der Waals surface area (Å²) >= 11 is 0. The van der Waals surface area contributed by atoms with Crippen LogP contribution in [0.1, 0.15) is 62.5 Å². The third-order valence-corrected chi connectivity index (χ3v) is 6.82. The zero-order valence-corrected chi connectivity index (χ0v) is 18.5. The molecule has 3 aromatic rings. The van der Waals surface area contributed by atoms with Gasteiger partial charge in [-0.15, -0.1) is 6.58 Å². The lowest BCUT2D eigenvalue weighted by atomic mass is 9.77. The van der Waals surface area contributed by atoms with E-state index in [9.17, 15) is 8.78 Å². The van der Waals surface area contributed by atoms with Gasteiger partial charge in [-0.05, 0) is 79.9 Å². The summed E-state index contributed by atoms with van der Waals surface area (Å²) in [6.07, 6.45) is 12.2. The molecule has 0 heterocycles. The first-order valence-corrected chi connectivity index (χ1v) is 11.5. The Balaban J connectivity index is 1.58. The van der Waals surface area contributed by atoms with Gasteiger partial charge in [-0.1, -0.05) is 54.6 Å². The molecule has 1 aliphatic rings. The number of fused-ring (bicyclic) bond motifs is 1. The van der Waals surface area contributed by atoms with Gasteiger partial charge < -0.3 is 0 Å². The Morgan fingerprint density at radius 1 is 0.906 bits per heavy atom. The number of hydrogen-bond acceptors (Lipinski definition) is 0. The smallest absolute Gasteiger partial charge is 0.170 e. The largest absolute Gasteiger partial charge is 0.206 e. The van der Waals surface area contributed by atoms with E-state index in [2.05, 4.69) is 18.7 Å². The summed E-state index contributed by atoms with van der Waals surface area (Å²) in [4.78, 5) is 0. The van der Waals surface area contributed by atoms with Crippen LogP contribution in [0.15, 0.2) is 61.2 Å². The molecule has 1 saturated carbocycles. The average molecular weight is 435 g/mol. The first-order valence-electron chi connectivity index (χ1n) is 11.5. The monoisotopic (exact) mass is 434 g/mol. The maximum absolute atomic E-state index is 15.3. The molecule has 3 heteroatoms. The van der Waals surface area contributed by atoms with Crippen molar-refractivity contribution in [1.82, 2.24) is 0 Å². The highest BCUT2D eigenvalue weighted by atomic mass is 19.2. The molecule has 3 aromatic carbocycles. The Morgan fingerprint density at radius 3 is 2.28 bits per heavy atom. The van der Waals surface area contributed by atoms with E-state index in [-0.39, 0.29) is 16.5 Å². The first-order chi connectivity index (χ1) is 15.5. The van der Waals surface area contributed by atoms with Gasteiger partial charge >= 0.3 is 0 Å². The standard InChI is InChI=1S/C29H29F3/c1-3-5-7-19-8-10-20(11-9-19)21-12-14-22(15-13-21)25-17-16-23-18-24(6-4-2)27(30)29(32)26(23)28(25)31/h3-4,6,12-20H,1,5,7-11H2,2H3/b6-4+. The van der Waals surface area contributed by atoms with Crippen LogP contribution in [0.25, 0.3) is 28.0 Å². The van der Waals surface area contributed by atoms with Crippen LogP contribution in [0.4, 0.5) is 13.2 Å². The van der Waals surface area contributed by atoms with Crippen molar-refractivity contribution in [2.45, 2.75) is 51.4 Å². The molecule has 4 rings (SSSR count). The van der Waals surface area contributed by atoms with E-state index < -0.39 is 17.5 Å². The van der Waals surface area contributed by atoms with Gasteiger partial charge in [-0.25, -0.2) is 13.2 Å². The van der Waals surface area contributed by atoms with E-state index in [1.54, 1.807) is 25.1 Å². The lowest BCUT2D eigenvalue weighted by Crippen LogP contribution is -2.13. The van der Waals surface area contributed by atoms with Gasteiger partial charge in [0.15, 0.2) is 11.6 Å². The molecule has 0 N–H and O–H groups in total. The van der Waals surface area contributed by atoms with Crippen molar-refractivity contribution in [3.8, 4) is 11.1 Å². The molecule has 1 fully saturated rings. The Bertz CT molecular complexity index is 1130. The summed E-state index contributed by atoms with van der Waals surface area (Å²) in [5.74, 6) is -1.56. The Hall–Kier alpha value is -2.81. The molecule has 0 radical (unpaired) electrons. The first kappa shape index (κ1) is 22.4. The van der Waals surface area contributed by atoms with Crippen molar-refractivity contribution in [2.75, 3.05) is 0 Å². The van der Waals surface area contributed by atoms with E-state index in [0.29, 0.717) is 16.9 Å². The topological polar surface area (TPSA) is 0 Å². The van der Waals surface area contributed by atoms with Crippen LogP contribution in [0.3, 0.4) is 0 Å². The third-order valence-electron chi connectivity index (χ3n) is 6.82. The molecule has 1 aliphatic carbocycles. The van der Waals surface area contributed by atoms with Crippen molar-refractivity contribution in [1.29, 1.82) is 0 Å². The van der Waals surface area contributed by atoms with Crippen LogP contribution in [-0.4, -0.2) is 0 Å². The SMILES string of the molecule is C=CCCC1CCC(c2ccc(-c3ccc4cc(/C=C/C)c(F)c(F)c4c3F)cc2)CC1. The second kappa shape index (κ2) is 9.77. The molecule has 0 spiro atoms. The van der Waals surface area contributed by atoms with Crippen molar-refractivity contribution in [3.05, 3.63) is 89.8 Å². The van der Waals surface area contributed by atoms with Gasteiger partial charge in [0.05, 0.1) is 5.39 Å². The minimum atomic E-state index is -1.14. The molecule has 0 unspecified atom stereocenters. The van der Waals surface area contributed by atoms with E-state index in [1.165, 1.54) is 49.8 Å². The molecule has 0 amide bonds. The fourth-order valence-corrected chi connectivity index (χ4v) is 5.00. The number of allylic oxidation sites excluding steroid dienone is 2. The summed E-state index contributed by atoms with van der Waals surface area (Å²) in [6, 6.07) is 12.7.